The van der Waals surface area contributed by atoms with Crippen LogP contribution in [0, 0.1) is 5.92 Å². The van der Waals surface area contributed by atoms with Gasteiger partial charge in [-0.3, -0.25) is 9.59 Å². The lowest BCUT2D eigenvalue weighted by Gasteiger charge is -2.17. The van der Waals surface area contributed by atoms with Crippen molar-refractivity contribution in [3.63, 3.8) is 0 Å². The van der Waals surface area contributed by atoms with Gasteiger partial charge in [0.2, 0.25) is 0 Å². The molecule has 1 aromatic rings. The normalized spacial score (nSPS) is 13.5. The van der Waals surface area contributed by atoms with Gasteiger partial charge in [0.15, 0.2) is 0 Å². The molecule has 1 N–H and O–H groups in total. The molecule has 0 radical (unpaired) electrons. The van der Waals surface area contributed by atoms with Crippen LogP contribution in [0.1, 0.15) is 63.2 Å². The highest BCUT2D eigenvalue weighted by Gasteiger charge is 2.16. The Hall–Kier alpha value is -1.72. The Bertz CT molecular complexity index is 484. The number of Topliss-reactive ketones (excluding diaryl/α,β-unsaturated/α-hetero) is 1. The molecule has 1 aromatic carbocycles. The molecule has 0 spiro atoms. The van der Waals surface area contributed by atoms with Crippen LogP contribution in [0.15, 0.2) is 30.3 Å². The third-order valence-corrected chi connectivity index (χ3v) is 4.18. The molecule has 1 fully saturated rings. The van der Waals surface area contributed by atoms with Gasteiger partial charge in [0.25, 0.3) is 5.91 Å². The van der Waals surface area contributed by atoms with E-state index in [1.54, 1.807) is 26.2 Å². The first-order chi connectivity index (χ1) is 13.1. The molecule has 0 heterocycles. The smallest absolute Gasteiger partial charge is 0.251 e. The Balaban J connectivity index is 0.000000519. The molecule has 0 aliphatic heterocycles. The maximum absolute atomic E-state index is 11.5. The Labute approximate surface area is 164 Å². The summed E-state index contributed by atoms with van der Waals surface area (Å²) in [6.45, 7) is 7.86. The summed E-state index contributed by atoms with van der Waals surface area (Å²) in [5.74, 6) is 0.740. The van der Waals surface area contributed by atoms with Crippen LogP contribution >= 0.6 is 0 Å². The Kier molecular flexibility index (Phi) is 16.6. The third-order valence-electron chi connectivity index (χ3n) is 4.18. The molecule has 0 aromatic heterocycles. The zero-order valence-corrected chi connectivity index (χ0v) is 17.5. The first-order valence-corrected chi connectivity index (χ1v) is 10.1. The summed E-state index contributed by atoms with van der Waals surface area (Å²) in [6.07, 6.45) is 6.17. The van der Waals surface area contributed by atoms with Gasteiger partial charge in [-0.15, -0.1) is 0 Å². The second kappa shape index (κ2) is 17.7. The van der Waals surface area contributed by atoms with E-state index in [2.05, 4.69) is 5.32 Å². The number of amides is 1. The minimum atomic E-state index is -0.0732. The molecule has 0 saturated heterocycles. The molecule has 0 unspecified atom stereocenters. The van der Waals surface area contributed by atoms with Gasteiger partial charge in [0.1, 0.15) is 5.78 Å². The molecule has 5 heteroatoms. The molecule has 5 nitrogen and oxygen atoms in total. The topological polar surface area (TPSA) is 64.6 Å². The first-order valence-electron chi connectivity index (χ1n) is 10.1. The van der Waals surface area contributed by atoms with E-state index >= 15 is 0 Å². The number of methoxy groups -OCH3 is 1. The predicted molar refractivity (Wildman–Crippen MR) is 110 cm³/mol. The highest BCUT2D eigenvalue weighted by molar-refractivity contribution is 5.94. The van der Waals surface area contributed by atoms with Gasteiger partial charge in [-0.25, -0.2) is 0 Å². The number of benzene rings is 1. The lowest BCUT2D eigenvalue weighted by molar-refractivity contribution is -0.121. The highest BCUT2D eigenvalue weighted by atomic mass is 16.5. The van der Waals surface area contributed by atoms with Crippen molar-refractivity contribution >= 4 is 11.7 Å². The van der Waals surface area contributed by atoms with E-state index in [9.17, 15) is 9.59 Å². The Morgan fingerprint density at radius 2 is 1.63 bits per heavy atom. The summed E-state index contributed by atoms with van der Waals surface area (Å²) in [4.78, 5) is 22.3. The SMILES string of the molecule is CC.CC(=O)C1CCCCC1.COCCOCCNC(=O)c1ccccc1. The quantitative estimate of drug-likeness (QED) is 0.686. The molecule has 154 valence electrons. The van der Waals surface area contributed by atoms with Crippen molar-refractivity contribution in [3.8, 4) is 0 Å². The van der Waals surface area contributed by atoms with E-state index < -0.39 is 0 Å². The lowest BCUT2D eigenvalue weighted by Crippen LogP contribution is -2.27. The largest absolute Gasteiger partial charge is 0.382 e. The van der Waals surface area contributed by atoms with E-state index in [1.165, 1.54) is 19.3 Å². The van der Waals surface area contributed by atoms with Crippen molar-refractivity contribution in [3.05, 3.63) is 35.9 Å². The average Bonchev–Trinajstić information content (AvgIpc) is 2.73. The monoisotopic (exact) mass is 379 g/mol. The molecular weight excluding hydrogens is 342 g/mol. The van der Waals surface area contributed by atoms with Crippen LogP contribution in [0.3, 0.4) is 0 Å². The number of carbonyl (C=O) groups excluding carboxylic acids is 2. The van der Waals surface area contributed by atoms with Gasteiger partial charge in [0, 0.05) is 25.1 Å². The fourth-order valence-electron chi connectivity index (χ4n) is 2.68. The summed E-state index contributed by atoms with van der Waals surface area (Å²) < 4.78 is 10.0. The second-order valence-corrected chi connectivity index (χ2v) is 6.17. The standard InChI is InChI=1S/C12H17NO3.C8H14O.C2H6/c1-15-9-10-16-8-7-13-12(14)11-5-3-2-4-6-11;1-7(9)8-5-3-2-4-6-8;1-2/h2-6H,7-10H2,1H3,(H,13,14);8H,2-6H2,1H3;1-2H3. The summed E-state index contributed by atoms with van der Waals surface area (Å²) in [7, 11) is 1.63. The minimum Gasteiger partial charge on any atom is -0.382 e. The average molecular weight is 380 g/mol. The van der Waals surface area contributed by atoms with Crippen LogP contribution in [-0.2, 0) is 14.3 Å². The van der Waals surface area contributed by atoms with E-state index in [0.717, 1.165) is 12.8 Å². The molecule has 1 aliphatic rings. The van der Waals surface area contributed by atoms with Crippen LogP contribution in [0.2, 0.25) is 0 Å². The fraction of sp³-hybridized carbons (Fsp3) is 0.636. The molecule has 27 heavy (non-hydrogen) atoms. The van der Waals surface area contributed by atoms with Crippen LogP contribution in [-0.4, -0.2) is 45.2 Å². The molecule has 1 amide bonds. The van der Waals surface area contributed by atoms with Crippen molar-refractivity contribution in [1.82, 2.24) is 5.32 Å². The number of nitrogens with one attached hydrogen (secondary N) is 1. The summed E-state index contributed by atoms with van der Waals surface area (Å²) in [6, 6.07) is 9.11. The minimum absolute atomic E-state index is 0.0732. The van der Waals surface area contributed by atoms with Gasteiger partial charge in [-0.05, 0) is 31.9 Å². The lowest BCUT2D eigenvalue weighted by atomic mass is 9.87. The maximum atomic E-state index is 11.5. The zero-order valence-electron chi connectivity index (χ0n) is 17.5. The Morgan fingerprint density at radius 1 is 1.00 bits per heavy atom. The molecule has 0 bridgehead atoms. The van der Waals surface area contributed by atoms with E-state index in [0.29, 0.717) is 43.6 Å². The second-order valence-electron chi connectivity index (χ2n) is 6.17. The van der Waals surface area contributed by atoms with Gasteiger partial charge in [-0.2, -0.15) is 0 Å². The highest BCUT2D eigenvalue weighted by Crippen LogP contribution is 2.23. The molecule has 1 saturated carbocycles. The van der Waals surface area contributed by atoms with Crippen LogP contribution in [0.4, 0.5) is 0 Å². The van der Waals surface area contributed by atoms with E-state index in [1.807, 2.05) is 32.0 Å². The molecule has 0 atom stereocenters. The Morgan fingerprint density at radius 3 is 2.15 bits per heavy atom. The number of rotatable bonds is 8. The number of carbonyl (C=O) groups is 2. The van der Waals surface area contributed by atoms with Gasteiger partial charge >= 0.3 is 0 Å². The first kappa shape index (κ1) is 25.3. The van der Waals surface area contributed by atoms with Gasteiger partial charge in [0.05, 0.1) is 19.8 Å². The zero-order chi connectivity index (χ0) is 20.3. The van der Waals surface area contributed by atoms with Crippen LogP contribution < -0.4 is 5.32 Å². The van der Waals surface area contributed by atoms with Crippen molar-refractivity contribution in [2.75, 3.05) is 33.5 Å². The summed E-state index contributed by atoms with van der Waals surface area (Å²) >= 11 is 0. The number of ether oxygens (including phenoxy) is 2. The van der Waals surface area contributed by atoms with Crippen molar-refractivity contribution in [2.45, 2.75) is 52.9 Å². The van der Waals surface area contributed by atoms with Crippen molar-refractivity contribution < 1.29 is 19.1 Å². The van der Waals surface area contributed by atoms with Crippen LogP contribution in [0.5, 0.6) is 0 Å². The van der Waals surface area contributed by atoms with Gasteiger partial charge in [-0.1, -0.05) is 51.3 Å². The summed E-state index contributed by atoms with van der Waals surface area (Å²) in [5, 5.41) is 2.77. The van der Waals surface area contributed by atoms with E-state index in [-0.39, 0.29) is 5.91 Å². The van der Waals surface area contributed by atoms with Crippen molar-refractivity contribution in [1.29, 1.82) is 0 Å². The van der Waals surface area contributed by atoms with Crippen molar-refractivity contribution in [2.24, 2.45) is 5.92 Å². The third kappa shape index (κ3) is 13.1. The molecule has 1 aliphatic carbocycles. The number of hydrogen-bond acceptors (Lipinski definition) is 4. The molecule has 2 rings (SSSR count). The fourth-order valence-corrected chi connectivity index (χ4v) is 2.68. The summed E-state index contributed by atoms with van der Waals surface area (Å²) in [5.41, 5.74) is 0.666. The molecular formula is C22H37NO4. The van der Waals surface area contributed by atoms with E-state index in [4.69, 9.17) is 9.47 Å². The number of hydrogen-bond donors (Lipinski definition) is 1. The van der Waals surface area contributed by atoms with Crippen LogP contribution in [0.25, 0.3) is 0 Å². The van der Waals surface area contributed by atoms with Gasteiger partial charge < -0.3 is 14.8 Å². The maximum Gasteiger partial charge on any atom is 0.251 e. The predicted octanol–water partition coefficient (Wildman–Crippen LogP) is 4.26. The number of ketones is 1.